The lowest BCUT2D eigenvalue weighted by atomic mass is 9.83. The van der Waals surface area contributed by atoms with E-state index in [1.54, 1.807) is 31.4 Å². The first-order valence-corrected chi connectivity index (χ1v) is 13.8. The zero-order valence-corrected chi connectivity index (χ0v) is 22.3. The lowest BCUT2D eigenvalue weighted by molar-refractivity contribution is -0.122. The van der Waals surface area contributed by atoms with Gasteiger partial charge in [0.05, 0.1) is 23.7 Å². The van der Waals surface area contributed by atoms with Crippen molar-refractivity contribution in [1.82, 2.24) is 4.98 Å². The normalized spacial score (nSPS) is 20.3. The Morgan fingerprint density at radius 1 is 0.895 bits per heavy atom. The number of aromatic nitrogens is 1. The van der Waals surface area contributed by atoms with Gasteiger partial charge in [-0.2, -0.15) is 0 Å². The van der Waals surface area contributed by atoms with Crippen LogP contribution in [0.5, 0.6) is 11.5 Å². The van der Waals surface area contributed by atoms with Crippen molar-refractivity contribution >= 4 is 40.6 Å². The van der Waals surface area contributed by atoms with Crippen molar-refractivity contribution in [3.05, 3.63) is 104 Å². The minimum atomic E-state index is -0.635. The van der Waals surface area contributed by atoms with Crippen molar-refractivity contribution in [1.29, 1.82) is 0 Å². The van der Waals surface area contributed by atoms with E-state index in [1.165, 1.54) is 16.7 Å². The average Bonchev–Trinajstić information content (AvgIpc) is 3.43. The van der Waals surface area contributed by atoms with Gasteiger partial charge >= 0.3 is 4.87 Å². The number of fused-ring (bicyclic) bond motifs is 2. The summed E-state index contributed by atoms with van der Waals surface area (Å²) in [4.78, 5) is 44.4. The number of aromatic amines is 1. The van der Waals surface area contributed by atoms with E-state index in [4.69, 9.17) is 9.47 Å². The van der Waals surface area contributed by atoms with Gasteiger partial charge in [0.1, 0.15) is 23.4 Å². The number of thiazole rings is 1. The SMILES string of the molecule is COc1ccc(N2C(=O)[C@H]3[C@H](c4ccc(OCc5ccccc5C)cc4)c4sc(=O)[nH]c4S[C@H]3C2=O)cc1. The number of nitrogens with one attached hydrogen (secondary N) is 1. The molecule has 2 aliphatic rings. The van der Waals surface area contributed by atoms with E-state index in [2.05, 4.69) is 4.98 Å². The molecular weight excluding hydrogens is 520 g/mol. The minimum absolute atomic E-state index is 0.197. The van der Waals surface area contributed by atoms with Crippen molar-refractivity contribution in [2.24, 2.45) is 5.92 Å². The number of hydrogen-bond donors (Lipinski definition) is 1. The second-order valence-electron chi connectivity index (χ2n) is 9.24. The molecule has 1 N–H and O–H groups in total. The fourth-order valence-electron chi connectivity index (χ4n) is 5.07. The van der Waals surface area contributed by atoms with Crippen LogP contribution in [0, 0.1) is 12.8 Å². The van der Waals surface area contributed by atoms with Gasteiger partial charge in [0.15, 0.2) is 0 Å². The topological polar surface area (TPSA) is 88.7 Å². The fraction of sp³-hybridized carbons (Fsp3) is 0.207. The van der Waals surface area contributed by atoms with E-state index in [9.17, 15) is 14.4 Å². The number of benzene rings is 3. The molecule has 0 saturated carbocycles. The summed E-state index contributed by atoms with van der Waals surface area (Å²) in [5, 5.41) is 0.0215. The summed E-state index contributed by atoms with van der Waals surface area (Å²) in [7, 11) is 1.56. The third-order valence-corrected chi connectivity index (χ3v) is 9.45. The molecule has 38 heavy (non-hydrogen) atoms. The van der Waals surface area contributed by atoms with Gasteiger partial charge in [-0.15, -0.1) is 0 Å². The summed E-state index contributed by atoms with van der Waals surface area (Å²) >= 11 is 2.37. The molecule has 3 atom stereocenters. The standard InChI is InChI=1S/C29H24N2O5S2/c1-16-5-3-4-6-18(16)15-36-21-11-7-17(8-12-21)22-23-25(37-26-24(22)38-29(34)30-26)28(33)31(27(23)32)19-9-13-20(35-2)14-10-19/h3-14,22-23,25H,15H2,1-2H3,(H,30,34)/t22-,23-,25+/m0/s1. The second-order valence-corrected chi connectivity index (χ2v) is 11.4. The zero-order chi connectivity index (χ0) is 26.4. The van der Waals surface area contributed by atoms with Crippen molar-refractivity contribution in [2.45, 2.75) is 29.7 Å². The van der Waals surface area contributed by atoms with Crippen molar-refractivity contribution in [3.63, 3.8) is 0 Å². The average molecular weight is 545 g/mol. The van der Waals surface area contributed by atoms with Gasteiger partial charge in [-0.05, 0) is 60.0 Å². The number of ether oxygens (including phenoxy) is 2. The Hall–Kier alpha value is -3.82. The third-order valence-electron chi connectivity index (χ3n) is 7.05. The van der Waals surface area contributed by atoms with Gasteiger partial charge in [0.2, 0.25) is 11.8 Å². The van der Waals surface area contributed by atoms with Gasteiger partial charge in [-0.1, -0.05) is 59.5 Å². The van der Waals surface area contributed by atoms with Gasteiger partial charge in [-0.25, -0.2) is 4.90 Å². The molecule has 1 saturated heterocycles. The highest BCUT2D eigenvalue weighted by Gasteiger charge is 2.56. The molecule has 0 radical (unpaired) electrons. The maximum absolute atomic E-state index is 13.8. The first-order chi connectivity index (χ1) is 18.4. The molecule has 1 fully saturated rings. The third kappa shape index (κ3) is 4.21. The van der Waals surface area contributed by atoms with E-state index in [1.807, 2.05) is 55.5 Å². The molecular formula is C29H24N2O5S2. The molecule has 6 rings (SSSR count). The van der Waals surface area contributed by atoms with Crippen LogP contribution >= 0.6 is 23.1 Å². The maximum atomic E-state index is 13.8. The summed E-state index contributed by atoms with van der Waals surface area (Å²) in [6.45, 7) is 2.50. The van der Waals surface area contributed by atoms with Crippen LogP contribution in [0.25, 0.3) is 0 Å². The van der Waals surface area contributed by atoms with Gasteiger partial charge in [0, 0.05) is 10.8 Å². The number of nitrogens with zero attached hydrogens (tertiary/aromatic N) is 1. The summed E-state index contributed by atoms with van der Waals surface area (Å²) in [6, 6.07) is 22.6. The van der Waals surface area contributed by atoms with Gasteiger partial charge in [0.25, 0.3) is 0 Å². The zero-order valence-electron chi connectivity index (χ0n) is 20.7. The molecule has 7 nitrogen and oxygen atoms in total. The smallest absolute Gasteiger partial charge is 0.305 e. The van der Waals surface area contributed by atoms with Crippen LogP contribution in [-0.2, 0) is 16.2 Å². The Bertz CT molecular complexity index is 1580. The number of methoxy groups -OCH3 is 1. The monoisotopic (exact) mass is 544 g/mol. The first-order valence-electron chi connectivity index (χ1n) is 12.1. The molecule has 9 heteroatoms. The highest BCUT2D eigenvalue weighted by atomic mass is 32.2. The van der Waals surface area contributed by atoms with Gasteiger partial charge in [-0.3, -0.25) is 14.4 Å². The molecule has 0 aliphatic carbocycles. The summed E-state index contributed by atoms with van der Waals surface area (Å²) in [5.74, 6) is -0.264. The number of carbonyl (C=O) groups is 2. The molecule has 2 aliphatic heterocycles. The Kier molecular flexibility index (Phi) is 6.33. The molecule has 0 bridgehead atoms. The number of hydrogen-bond acceptors (Lipinski definition) is 7. The van der Waals surface area contributed by atoms with Crippen LogP contribution in [-0.4, -0.2) is 29.2 Å². The van der Waals surface area contributed by atoms with Crippen LogP contribution in [0.3, 0.4) is 0 Å². The Labute approximate surface area is 227 Å². The number of H-pyrrole nitrogens is 1. The van der Waals surface area contributed by atoms with Gasteiger partial charge < -0.3 is 14.5 Å². The molecule has 3 aromatic carbocycles. The lowest BCUT2D eigenvalue weighted by Gasteiger charge is -2.29. The predicted molar refractivity (Wildman–Crippen MR) is 147 cm³/mol. The van der Waals surface area contributed by atoms with Crippen LogP contribution in [0.15, 0.2) is 82.6 Å². The number of imide groups is 1. The molecule has 1 aromatic heterocycles. The largest absolute Gasteiger partial charge is 0.497 e. The number of carbonyl (C=O) groups excluding carboxylic acids is 2. The Balaban J connectivity index is 1.32. The van der Waals surface area contributed by atoms with Crippen LogP contribution < -0.4 is 19.2 Å². The fourth-order valence-corrected chi connectivity index (χ4v) is 7.58. The first kappa shape index (κ1) is 24.5. The number of thioether (sulfide) groups is 1. The van der Waals surface area contributed by atoms with E-state index in [0.29, 0.717) is 28.8 Å². The number of aryl methyl sites for hydroxylation is 1. The number of rotatable bonds is 6. The van der Waals surface area contributed by atoms with Crippen LogP contribution in [0.2, 0.25) is 0 Å². The highest BCUT2D eigenvalue weighted by molar-refractivity contribution is 8.00. The molecule has 4 aromatic rings. The van der Waals surface area contributed by atoms with E-state index < -0.39 is 17.1 Å². The highest BCUT2D eigenvalue weighted by Crippen LogP contribution is 2.53. The van der Waals surface area contributed by atoms with Crippen molar-refractivity contribution in [3.8, 4) is 11.5 Å². The minimum Gasteiger partial charge on any atom is -0.497 e. The molecule has 2 amide bonds. The Morgan fingerprint density at radius 3 is 2.32 bits per heavy atom. The Morgan fingerprint density at radius 2 is 1.61 bits per heavy atom. The molecule has 3 heterocycles. The molecule has 0 unspecified atom stereocenters. The number of anilines is 1. The van der Waals surface area contributed by atoms with E-state index >= 15 is 0 Å². The molecule has 0 spiro atoms. The van der Waals surface area contributed by atoms with Crippen molar-refractivity contribution < 1.29 is 19.1 Å². The molecule has 192 valence electrons. The quantitative estimate of drug-likeness (QED) is 0.339. The second kappa shape index (κ2) is 9.81. The summed E-state index contributed by atoms with van der Waals surface area (Å²) in [5.41, 5.74) is 3.64. The van der Waals surface area contributed by atoms with E-state index in [-0.39, 0.29) is 16.7 Å². The van der Waals surface area contributed by atoms with Crippen LogP contribution in [0.4, 0.5) is 5.69 Å². The maximum Gasteiger partial charge on any atom is 0.305 e. The van der Waals surface area contributed by atoms with Crippen LogP contribution in [0.1, 0.15) is 27.5 Å². The summed E-state index contributed by atoms with van der Waals surface area (Å²) in [6.07, 6.45) is 0. The predicted octanol–water partition coefficient (Wildman–Crippen LogP) is 5.13. The number of amides is 2. The van der Waals surface area contributed by atoms with E-state index in [0.717, 1.165) is 32.9 Å². The lowest BCUT2D eigenvalue weighted by Crippen LogP contribution is -2.32. The summed E-state index contributed by atoms with van der Waals surface area (Å²) < 4.78 is 11.2. The van der Waals surface area contributed by atoms with Crippen molar-refractivity contribution in [2.75, 3.05) is 12.0 Å².